The Labute approximate surface area is 125 Å². The molecule has 0 N–H and O–H groups in total. The molecule has 0 bridgehead atoms. The van der Waals surface area contributed by atoms with Gasteiger partial charge in [0.1, 0.15) is 0 Å². The molecule has 110 valence electrons. The molecule has 1 aliphatic carbocycles. The molecule has 0 heterocycles. The number of ether oxygens (including phenoxy) is 1. The van der Waals surface area contributed by atoms with Crippen LogP contribution in [0.15, 0.2) is 30.3 Å². The summed E-state index contributed by atoms with van der Waals surface area (Å²) in [4.78, 5) is 34.8. The van der Waals surface area contributed by atoms with Crippen LogP contribution in [0.1, 0.15) is 31.8 Å². The number of benzene rings is 2. The fraction of sp³-hybridized carbons (Fsp3) is 0.125. The Morgan fingerprint density at radius 3 is 2.50 bits per heavy atom. The molecule has 0 unspecified atom stereocenters. The Morgan fingerprint density at radius 2 is 1.86 bits per heavy atom. The molecule has 0 atom stereocenters. The molecule has 22 heavy (non-hydrogen) atoms. The Bertz CT molecular complexity index is 854. The first-order chi connectivity index (χ1) is 10.4. The summed E-state index contributed by atoms with van der Waals surface area (Å²) in [7, 11) is 1.27. The van der Waals surface area contributed by atoms with Crippen LogP contribution in [0.3, 0.4) is 0 Å². The van der Waals surface area contributed by atoms with Crippen molar-refractivity contribution in [1.82, 2.24) is 0 Å². The van der Waals surface area contributed by atoms with E-state index in [1.54, 1.807) is 19.1 Å². The molecule has 0 amide bonds. The number of rotatable bonds is 2. The molecule has 6 nitrogen and oxygen atoms in total. The molecule has 3 rings (SSSR count). The van der Waals surface area contributed by atoms with Gasteiger partial charge in [-0.15, -0.1) is 0 Å². The lowest BCUT2D eigenvalue weighted by Gasteiger charge is -2.08. The second kappa shape index (κ2) is 4.77. The van der Waals surface area contributed by atoms with Crippen molar-refractivity contribution >= 4 is 17.4 Å². The van der Waals surface area contributed by atoms with Crippen molar-refractivity contribution in [3.63, 3.8) is 0 Å². The third kappa shape index (κ3) is 1.88. The van der Waals surface area contributed by atoms with E-state index in [1.165, 1.54) is 25.3 Å². The normalized spacial score (nSPS) is 11.8. The van der Waals surface area contributed by atoms with Crippen LogP contribution in [-0.4, -0.2) is 23.8 Å². The van der Waals surface area contributed by atoms with E-state index in [2.05, 4.69) is 0 Å². The monoisotopic (exact) mass is 297 g/mol. The summed E-state index contributed by atoms with van der Waals surface area (Å²) in [5.41, 5.74) is 2.48. The van der Waals surface area contributed by atoms with Crippen molar-refractivity contribution in [3.05, 3.63) is 62.7 Å². The van der Waals surface area contributed by atoms with Crippen molar-refractivity contribution in [1.29, 1.82) is 0 Å². The number of hydrogen-bond acceptors (Lipinski definition) is 5. The zero-order chi connectivity index (χ0) is 16.0. The van der Waals surface area contributed by atoms with Gasteiger partial charge in [-0.3, -0.25) is 14.9 Å². The Morgan fingerprint density at radius 1 is 1.14 bits per heavy atom. The highest BCUT2D eigenvalue weighted by Gasteiger charge is 2.32. The van der Waals surface area contributed by atoms with Gasteiger partial charge in [0.2, 0.25) is 0 Å². The van der Waals surface area contributed by atoms with Crippen molar-refractivity contribution in [2.45, 2.75) is 6.92 Å². The molecule has 0 aromatic heterocycles. The van der Waals surface area contributed by atoms with Gasteiger partial charge in [0.05, 0.1) is 17.6 Å². The van der Waals surface area contributed by atoms with Crippen molar-refractivity contribution in [2.75, 3.05) is 7.11 Å². The molecule has 2 aromatic rings. The van der Waals surface area contributed by atoms with E-state index in [0.29, 0.717) is 22.3 Å². The molecular weight excluding hydrogens is 286 g/mol. The van der Waals surface area contributed by atoms with Gasteiger partial charge in [-0.25, -0.2) is 4.79 Å². The fourth-order valence-electron chi connectivity index (χ4n) is 2.72. The number of nitrogens with zero attached hydrogens (tertiary/aromatic N) is 1. The predicted molar refractivity (Wildman–Crippen MR) is 78.0 cm³/mol. The number of esters is 1. The van der Waals surface area contributed by atoms with Crippen LogP contribution in [-0.2, 0) is 4.74 Å². The number of hydrogen-bond donors (Lipinski definition) is 0. The summed E-state index contributed by atoms with van der Waals surface area (Å²) in [5.74, 6) is -0.860. The summed E-state index contributed by atoms with van der Waals surface area (Å²) >= 11 is 0. The lowest BCUT2D eigenvalue weighted by atomic mass is 9.97. The number of nitro groups is 1. The number of carbonyl (C=O) groups is 2. The molecule has 0 radical (unpaired) electrons. The van der Waals surface area contributed by atoms with Gasteiger partial charge in [-0.05, 0) is 36.2 Å². The Hall–Kier alpha value is -3.02. The SMILES string of the molecule is COC(=O)c1cc(C)cc2c1-c1ccc([N+](=O)[O-])cc1C2=O. The van der Waals surface area contributed by atoms with Crippen LogP contribution in [0.5, 0.6) is 0 Å². The van der Waals surface area contributed by atoms with Crippen molar-refractivity contribution < 1.29 is 19.2 Å². The second-order valence-corrected chi connectivity index (χ2v) is 5.04. The maximum Gasteiger partial charge on any atom is 0.338 e. The first-order valence-electron chi connectivity index (χ1n) is 6.50. The third-order valence-electron chi connectivity index (χ3n) is 3.66. The van der Waals surface area contributed by atoms with E-state index >= 15 is 0 Å². The lowest BCUT2D eigenvalue weighted by Crippen LogP contribution is -2.05. The van der Waals surface area contributed by atoms with Crippen LogP contribution >= 0.6 is 0 Å². The topological polar surface area (TPSA) is 86.5 Å². The van der Waals surface area contributed by atoms with E-state index in [-0.39, 0.29) is 17.0 Å². The van der Waals surface area contributed by atoms with Gasteiger partial charge in [0.25, 0.3) is 5.69 Å². The Balaban J connectivity index is 2.32. The summed E-state index contributed by atoms with van der Waals surface area (Å²) < 4.78 is 4.77. The van der Waals surface area contributed by atoms with E-state index in [0.717, 1.165) is 5.56 Å². The van der Waals surface area contributed by atoms with E-state index < -0.39 is 10.9 Å². The minimum atomic E-state index is -0.553. The number of non-ortho nitro benzene ring substituents is 1. The standard InChI is InChI=1S/C16H11NO5/c1-8-5-12-14(13(6-8)16(19)22-2)10-4-3-9(17(20)21)7-11(10)15(12)18/h3-7H,1-2H3. The highest BCUT2D eigenvalue weighted by atomic mass is 16.6. The number of carbonyl (C=O) groups excluding carboxylic acids is 2. The van der Waals surface area contributed by atoms with Crippen LogP contribution in [0.4, 0.5) is 5.69 Å². The third-order valence-corrected chi connectivity index (χ3v) is 3.66. The number of nitro benzene ring substituents is 1. The van der Waals surface area contributed by atoms with Crippen LogP contribution in [0.2, 0.25) is 0 Å². The van der Waals surface area contributed by atoms with Crippen molar-refractivity contribution in [2.24, 2.45) is 0 Å². The van der Waals surface area contributed by atoms with E-state index in [9.17, 15) is 19.7 Å². The highest BCUT2D eigenvalue weighted by Crippen LogP contribution is 2.41. The molecular formula is C16H11NO5. The molecule has 0 spiro atoms. The maximum atomic E-state index is 12.5. The molecule has 2 aromatic carbocycles. The molecule has 0 saturated heterocycles. The Kier molecular flexibility index (Phi) is 3.02. The number of methoxy groups -OCH3 is 1. The summed E-state index contributed by atoms with van der Waals surface area (Å²) in [6.45, 7) is 1.77. The number of ketones is 1. The first kappa shape index (κ1) is 13.9. The summed E-state index contributed by atoms with van der Waals surface area (Å²) in [6.07, 6.45) is 0. The predicted octanol–water partition coefficient (Wildman–Crippen LogP) is 2.90. The molecule has 0 aliphatic heterocycles. The maximum absolute atomic E-state index is 12.5. The second-order valence-electron chi connectivity index (χ2n) is 5.04. The van der Waals surface area contributed by atoms with Gasteiger partial charge in [0, 0.05) is 28.8 Å². The average molecular weight is 297 g/mol. The van der Waals surface area contributed by atoms with Crippen LogP contribution in [0, 0.1) is 17.0 Å². The highest BCUT2D eigenvalue weighted by molar-refractivity contribution is 6.24. The molecule has 6 heteroatoms. The van der Waals surface area contributed by atoms with Gasteiger partial charge in [0.15, 0.2) is 5.78 Å². The first-order valence-corrected chi connectivity index (χ1v) is 6.50. The molecule has 1 aliphatic rings. The zero-order valence-corrected chi connectivity index (χ0v) is 11.9. The lowest BCUT2D eigenvalue weighted by molar-refractivity contribution is -0.384. The fourth-order valence-corrected chi connectivity index (χ4v) is 2.72. The minimum absolute atomic E-state index is 0.156. The molecule has 0 fully saturated rings. The van der Waals surface area contributed by atoms with Crippen molar-refractivity contribution in [3.8, 4) is 11.1 Å². The number of aryl methyl sites for hydroxylation is 1. The molecule has 0 saturated carbocycles. The quantitative estimate of drug-likeness (QED) is 0.412. The minimum Gasteiger partial charge on any atom is -0.465 e. The average Bonchev–Trinajstić information content (AvgIpc) is 2.78. The van der Waals surface area contributed by atoms with Crippen LogP contribution in [0.25, 0.3) is 11.1 Å². The van der Waals surface area contributed by atoms with E-state index in [1.807, 2.05) is 0 Å². The largest absolute Gasteiger partial charge is 0.465 e. The van der Waals surface area contributed by atoms with Gasteiger partial charge < -0.3 is 4.74 Å². The van der Waals surface area contributed by atoms with Gasteiger partial charge >= 0.3 is 5.97 Å². The van der Waals surface area contributed by atoms with Gasteiger partial charge in [-0.2, -0.15) is 0 Å². The van der Waals surface area contributed by atoms with Crippen LogP contribution < -0.4 is 0 Å². The smallest absolute Gasteiger partial charge is 0.338 e. The zero-order valence-electron chi connectivity index (χ0n) is 11.9. The summed E-state index contributed by atoms with van der Waals surface area (Å²) in [6, 6.07) is 7.39. The van der Waals surface area contributed by atoms with E-state index in [4.69, 9.17) is 4.74 Å². The van der Waals surface area contributed by atoms with Gasteiger partial charge in [-0.1, -0.05) is 0 Å². The summed E-state index contributed by atoms with van der Waals surface area (Å²) in [5, 5.41) is 10.9. The number of fused-ring (bicyclic) bond motifs is 3.